The molecule has 7 heteroatoms. The summed E-state index contributed by atoms with van der Waals surface area (Å²) >= 11 is 1.78. The monoisotopic (exact) mass is 393 g/mol. The molecule has 3 rings (SSSR count). The quantitative estimate of drug-likeness (QED) is 0.477. The number of esters is 1. The summed E-state index contributed by atoms with van der Waals surface area (Å²) in [5.74, 6) is 2.70. The molecule has 0 saturated carbocycles. The first kappa shape index (κ1) is 20.0. The topological polar surface area (TPSA) is 61.1 Å². The maximum Gasteiger partial charge on any atom is 0.342 e. The molecule has 0 unspecified atom stereocenters. The zero-order valence-corrected chi connectivity index (χ0v) is 16.8. The van der Waals surface area contributed by atoms with Crippen molar-refractivity contribution in [1.82, 2.24) is 4.90 Å². The van der Waals surface area contributed by atoms with Crippen molar-refractivity contribution < 1.29 is 23.4 Å². The van der Waals surface area contributed by atoms with Gasteiger partial charge in [-0.1, -0.05) is 0 Å². The van der Waals surface area contributed by atoms with Crippen molar-refractivity contribution >= 4 is 28.7 Å². The molecule has 1 fully saturated rings. The maximum atomic E-state index is 12.3. The van der Waals surface area contributed by atoms with E-state index in [0.29, 0.717) is 29.3 Å². The predicted molar refractivity (Wildman–Crippen MR) is 107 cm³/mol. The van der Waals surface area contributed by atoms with Gasteiger partial charge in [-0.2, -0.15) is 11.8 Å². The van der Waals surface area contributed by atoms with Gasteiger partial charge in [0, 0.05) is 24.5 Å². The molecular weight excluding hydrogens is 366 g/mol. The lowest BCUT2D eigenvalue weighted by atomic mass is 10.1. The number of carbonyl (C=O) groups excluding carboxylic acids is 1. The summed E-state index contributed by atoms with van der Waals surface area (Å²) in [5.41, 5.74) is 1.18. The Morgan fingerprint density at radius 2 is 2.11 bits per heavy atom. The molecule has 1 aliphatic heterocycles. The largest absolute Gasteiger partial charge is 0.494 e. The molecule has 27 heavy (non-hydrogen) atoms. The number of morpholine rings is 1. The third kappa shape index (κ3) is 5.18. The molecule has 6 nitrogen and oxygen atoms in total. The van der Waals surface area contributed by atoms with Gasteiger partial charge in [0.05, 0.1) is 32.7 Å². The zero-order chi connectivity index (χ0) is 19.1. The lowest BCUT2D eigenvalue weighted by Gasteiger charge is -2.26. The van der Waals surface area contributed by atoms with E-state index in [2.05, 4.69) is 4.90 Å². The van der Waals surface area contributed by atoms with Crippen LogP contribution in [0.4, 0.5) is 0 Å². The Hall–Kier alpha value is -1.70. The van der Waals surface area contributed by atoms with E-state index < -0.39 is 0 Å². The van der Waals surface area contributed by atoms with E-state index in [9.17, 15) is 4.79 Å². The molecule has 2 aromatic rings. The van der Waals surface area contributed by atoms with Crippen molar-refractivity contribution in [3.63, 3.8) is 0 Å². The minimum absolute atomic E-state index is 0.359. The van der Waals surface area contributed by atoms with Crippen LogP contribution in [0.2, 0.25) is 0 Å². The van der Waals surface area contributed by atoms with E-state index in [1.165, 1.54) is 7.11 Å². The normalized spacial score (nSPS) is 15.2. The second-order valence-electron chi connectivity index (χ2n) is 6.34. The van der Waals surface area contributed by atoms with Crippen LogP contribution < -0.4 is 4.74 Å². The minimum Gasteiger partial charge on any atom is -0.494 e. The lowest BCUT2D eigenvalue weighted by Crippen LogP contribution is -2.36. The number of methoxy groups -OCH3 is 1. The van der Waals surface area contributed by atoms with E-state index in [0.717, 1.165) is 56.2 Å². The van der Waals surface area contributed by atoms with Crippen molar-refractivity contribution in [3.8, 4) is 5.75 Å². The summed E-state index contributed by atoms with van der Waals surface area (Å²) in [6.45, 7) is 7.30. The second kappa shape index (κ2) is 10.0. The molecule has 0 bridgehead atoms. The predicted octanol–water partition coefficient (Wildman–Crippen LogP) is 3.57. The molecule has 2 heterocycles. The summed E-state index contributed by atoms with van der Waals surface area (Å²) in [6.07, 6.45) is 1.10. The van der Waals surface area contributed by atoms with Gasteiger partial charge in [0.15, 0.2) is 0 Å². The SMILES string of the molecule is CCOc1ccc2c(C(=O)OC)c(CSCCCN3CCOCC3)oc2c1. The van der Waals surface area contributed by atoms with E-state index in [-0.39, 0.29) is 5.97 Å². The number of hydrogen-bond acceptors (Lipinski definition) is 7. The Morgan fingerprint density at radius 1 is 1.30 bits per heavy atom. The van der Waals surface area contributed by atoms with Crippen molar-refractivity contribution in [2.24, 2.45) is 0 Å². The first-order chi connectivity index (χ1) is 13.2. The van der Waals surface area contributed by atoms with Crippen LogP contribution in [0, 0.1) is 0 Å². The number of nitrogens with zero attached hydrogens (tertiary/aromatic N) is 1. The third-order valence-electron chi connectivity index (χ3n) is 4.53. The van der Waals surface area contributed by atoms with Gasteiger partial charge < -0.3 is 18.6 Å². The number of furan rings is 1. The Labute approximate surface area is 164 Å². The number of ether oxygens (including phenoxy) is 3. The van der Waals surface area contributed by atoms with Crippen LogP contribution in [0.25, 0.3) is 11.0 Å². The molecule has 1 aromatic carbocycles. The van der Waals surface area contributed by atoms with Crippen LogP contribution >= 0.6 is 11.8 Å². The summed E-state index contributed by atoms with van der Waals surface area (Å²) < 4.78 is 21.8. The molecule has 1 aliphatic rings. The molecule has 0 N–H and O–H groups in total. The fourth-order valence-electron chi connectivity index (χ4n) is 3.19. The summed E-state index contributed by atoms with van der Waals surface area (Å²) in [7, 11) is 1.40. The highest BCUT2D eigenvalue weighted by atomic mass is 32.2. The number of fused-ring (bicyclic) bond motifs is 1. The number of carbonyl (C=O) groups is 1. The highest BCUT2D eigenvalue weighted by Crippen LogP contribution is 2.32. The first-order valence-electron chi connectivity index (χ1n) is 9.37. The minimum atomic E-state index is -0.359. The summed E-state index contributed by atoms with van der Waals surface area (Å²) in [6, 6.07) is 5.55. The van der Waals surface area contributed by atoms with Crippen molar-refractivity contribution in [2.45, 2.75) is 19.1 Å². The van der Waals surface area contributed by atoms with Crippen LogP contribution in [-0.4, -0.2) is 63.2 Å². The Bertz CT molecular complexity index is 754. The van der Waals surface area contributed by atoms with Gasteiger partial charge in [-0.3, -0.25) is 4.90 Å². The lowest BCUT2D eigenvalue weighted by molar-refractivity contribution is 0.0381. The molecule has 1 saturated heterocycles. The van der Waals surface area contributed by atoms with Crippen molar-refractivity contribution in [1.29, 1.82) is 0 Å². The molecule has 1 aromatic heterocycles. The zero-order valence-electron chi connectivity index (χ0n) is 16.0. The fraction of sp³-hybridized carbons (Fsp3) is 0.550. The van der Waals surface area contributed by atoms with Gasteiger partial charge in [-0.25, -0.2) is 4.79 Å². The van der Waals surface area contributed by atoms with Crippen LogP contribution in [0.5, 0.6) is 5.75 Å². The van der Waals surface area contributed by atoms with Gasteiger partial charge in [0.2, 0.25) is 0 Å². The molecule has 148 valence electrons. The molecule has 0 spiro atoms. The average molecular weight is 394 g/mol. The van der Waals surface area contributed by atoms with Gasteiger partial charge in [-0.05, 0) is 37.8 Å². The summed E-state index contributed by atoms with van der Waals surface area (Å²) in [5, 5.41) is 0.772. The van der Waals surface area contributed by atoms with E-state index in [4.69, 9.17) is 18.6 Å². The van der Waals surface area contributed by atoms with E-state index >= 15 is 0 Å². The second-order valence-corrected chi connectivity index (χ2v) is 7.45. The smallest absolute Gasteiger partial charge is 0.342 e. The number of benzene rings is 1. The first-order valence-corrected chi connectivity index (χ1v) is 10.5. The van der Waals surface area contributed by atoms with Crippen LogP contribution in [0.3, 0.4) is 0 Å². The highest BCUT2D eigenvalue weighted by Gasteiger charge is 2.22. The molecule has 0 amide bonds. The molecular formula is C20H27NO5S. The average Bonchev–Trinajstić information content (AvgIpc) is 3.05. The number of rotatable bonds is 9. The maximum absolute atomic E-state index is 12.3. The van der Waals surface area contributed by atoms with Gasteiger partial charge in [0.1, 0.15) is 22.7 Å². The highest BCUT2D eigenvalue weighted by molar-refractivity contribution is 7.98. The summed E-state index contributed by atoms with van der Waals surface area (Å²) in [4.78, 5) is 14.7. The third-order valence-corrected chi connectivity index (χ3v) is 5.58. The van der Waals surface area contributed by atoms with Crippen LogP contribution in [0.15, 0.2) is 22.6 Å². The van der Waals surface area contributed by atoms with Crippen LogP contribution in [0.1, 0.15) is 29.5 Å². The molecule has 0 radical (unpaired) electrons. The van der Waals surface area contributed by atoms with Gasteiger partial charge in [-0.15, -0.1) is 0 Å². The number of hydrogen-bond donors (Lipinski definition) is 0. The van der Waals surface area contributed by atoms with E-state index in [1.807, 2.05) is 25.1 Å². The standard InChI is InChI=1S/C20H27NO5S/c1-3-25-15-5-6-16-17(13-15)26-18(19(16)20(22)23-2)14-27-12-4-7-21-8-10-24-11-9-21/h5-6,13H,3-4,7-12,14H2,1-2H3. The van der Waals surface area contributed by atoms with E-state index in [1.54, 1.807) is 11.8 Å². The van der Waals surface area contributed by atoms with Crippen LogP contribution in [-0.2, 0) is 15.2 Å². The number of thioether (sulfide) groups is 1. The Morgan fingerprint density at radius 3 is 2.85 bits per heavy atom. The van der Waals surface area contributed by atoms with Gasteiger partial charge in [0.25, 0.3) is 0 Å². The van der Waals surface area contributed by atoms with Crippen molar-refractivity contribution in [2.75, 3.05) is 52.3 Å². The molecule has 0 aliphatic carbocycles. The molecule has 0 atom stereocenters. The Kier molecular flexibility index (Phi) is 7.43. The Balaban J connectivity index is 1.62. The fourth-order valence-corrected chi connectivity index (χ4v) is 4.06. The van der Waals surface area contributed by atoms with Crippen molar-refractivity contribution in [3.05, 3.63) is 29.5 Å². The van der Waals surface area contributed by atoms with Gasteiger partial charge >= 0.3 is 5.97 Å².